The SMILES string of the molecule is Cc1ccc(S(=O)(=O)N[C@H](C(=O)O)C(C)(C)C)cc1. The molecule has 0 spiro atoms. The summed E-state index contributed by atoms with van der Waals surface area (Å²) in [7, 11) is -3.84. The summed E-state index contributed by atoms with van der Waals surface area (Å²) in [6.45, 7) is 6.86. The molecule has 1 aromatic carbocycles. The van der Waals surface area contributed by atoms with Crippen molar-refractivity contribution in [3.8, 4) is 0 Å². The maximum atomic E-state index is 12.1. The molecule has 6 heteroatoms. The van der Waals surface area contributed by atoms with Crippen molar-refractivity contribution in [3.63, 3.8) is 0 Å². The average molecular weight is 285 g/mol. The molecular weight excluding hydrogens is 266 g/mol. The van der Waals surface area contributed by atoms with Crippen molar-refractivity contribution < 1.29 is 18.3 Å². The van der Waals surface area contributed by atoms with Crippen LogP contribution in [0.25, 0.3) is 0 Å². The largest absolute Gasteiger partial charge is 0.480 e. The minimum absolute atomic E-state index is 0.0635. The van der Waals surface area contributed by atoms with E-state index in [0.717, 1.165) is 5.56 Å². The third-order valence-corrected chi connectivity index (χ3v) is 4.16. The maximum Gasteiger partial charge on any atom is 0.322 e. The van der Waals surface area contributed by atoms with Crippen LogP contribution < -0.4 is 4.72 Å². The molecule has 1 rings (SSSR count). The van der Waals surface area contributed by atoms with Gasteiger partial charge in [0.2, 0.25) is 10.0 Å². The Morgan fingerprint density at radius 1 is 1.21 bits per heavy atom. The maximum absolute atomic E-state index is 12.1. The summed E-state index contributed by atoms with van der Waals surface area (Å²) < 4.78 is 26.5. The van der Waals surface area contributed by atoms with E-state index in [2.05, 4.69) is 4.72 Å². The van der Waals surface area contributed by atoms with Gasteiger partial charge in [-0.3, -0.25) is 4.79 Å². The zero-order valence-corrected chi connectivity index (χ0v) is 12.3. The van der Waals surface area contributed by atoms with Crippen molar-refractivity contribution in [2.45, 2.75) is 38.6 Å². The topological polar surface area (TPSA) is 83.5 Å². The summed E-state index contributed by atoms with van der Waals surface area (Å²) in [4.78, 5) is 11.2. The molecule has 0 aromatic heterocycles. The summed E-state index contributed by atoms with van der Waals surface area (Å²) in [5.41, 5.74) is 0.216. The van der Waals surface area contributed by atoms with Crippen LogP contribution in [0, 0.1) is 12.3 Å². The van der Waals surface area contributed by atoms with Gasteiger partial charge in [-0.25, -0.2) is 8.42 Å². The number of nitrogens with one attached hydrogen (secondary N) is 1. The third-order valence-electron chi connectivity index (χ3n) is 2.72. The highest BCUT2D eigenvalue weighted by molar-refractivity contribution is 7.89. The van der Waals surface area contributed by atoms with Crippen molar-refractivity contribution >= 4 is 16.0 Å². The molecule has 0 unspecified atom stereocenters. The number of hydrogen-bond acceptors (Lipinski definition) is 3. The number of carbonyl (C=O) groups is 1. The zero-order valence-electron chi connectivity index (χ0n) is 11.5. The Hall–Kier alpha value is -1.40. The highest BCUT2D eigenvalue weighted by Gasteiger charge is 2.35. The summed E-state index contributed by atoms with van der Waals surface area (Å²) in [5.74, 6) is -1.19. The summed E-state index contributed by atoms with van der Waals surface area (Å²) in [6, 6.07) is 5.07. The highest BCUT2D eigenvalue weighted by Crippen LogP contribution is 2.22. The van der Waals surface area contributed by atoms with E-state index in [4.69, 9.17) is 5.11 Å². The van der Waals surface area contributed by atoms with Crippen LogP contribution in [0.1, 0.15) is 26.3 Å². The van der Waals surface area contributed by atoms with Gasteiger partial charge < -0.3 is 5.11 Å². The van der Waals surface area contributed by atoms with Crippen LogP contribution in [0.4, 0.5) is 0 Å². The second kappa shape index (κ2) is 5.30. The molecule has 5 nitrogen and oxygen atoms in total. The first-order chi connectivity index (χ1) is 8.54. The van der Waals surface area contributed by atoms with Crippen molar-refractivity contribution in [1.82, 2.24) is 4.72 Å². The molecule has 2 N–H and O–H groups in total. The smallest absolute Gasteiger partial charge is 0.322 e. The predicted molar refractivity (Wildman–Crippen MR) is 72.4 cm³/mol. The van der Waals surface area contributed by atoms with E-state index < -0.39 is 27.4 Å². The molecule has 0 heterocycles. The Balaban J connectivity index is 3.08. The third kappa shape index (κ3) is 4.04. The molecular formula is C13H19NO4S. The van der Waals surface area contributed by atoms with Crippen LogP contribution in [0.5, 0.6) is 0 Å². The van der Waals surface area contributed by atoms with Gasteiger partial charge in [-0.15, -0.1) is 0 Å². The molecule has 1 atom stereocenters. The number of aryl methyl sites for hydroxylation is 1. The van der Waals surface area contributed by atoms with Gasteiger partial charge in [0.05, 0.1) is 4.90 Å². The summed E-state index contributed by atoms with van der Waals surface area (Å²) in [5, 5.41) is 9.14. The second-order valence-electron chi connectivity index (χ2n) is 5.57. The number of aliphatic carboxylic acids is 1. The minimum atomic E-state index is -3.84. The van der Waals surface area contributed by atoms with Crippen LogP contribution in [0.15, 0.2) is 29.2 Å². The van der Waals surface area contributed by atoms with Crippen LogP contribution in [0.2, 0.25) is 0 Å². The van der Waals surface area contributed by atoms with E-state index in [9.17, 15) is 13.2 Å². The molecule has 0 saturated carbocycles. The van der Waals surface area contributed by atoms with E-state index in [1.54, 1.807) is 32.9 Å². The van der Waals surface area contributed by atoms with E-state index in [-0.39, 0.29) is 4.90 Å². The molecule has 0 amide bonds. The minimum Gasteiger partial charge on any atom is -0.480 e. The standard InChI is InChI=1S/C13H19NO4S/c1-9-5-7-10(8-6-9)19(17,18)14-11(12(15)16)13(2,3)4/h5-8,11,14H,1-4H3,(H,15,16)/t11-/m1/s1. The molecule has 0 fully saturated rings. The number of sulfonamides is 1. The van der Waals surface area contributed by atoms with Gasteiger partial charge >= 0.3 is 5.97 Å². The molecule has 0 radical (unpaired) electrons. The van der Waals surface area contributed by atoms with Crippen LogP contribution in [-0.4, -0.2) is 25.5 Å². The number of carboxylic acids is 1. The van der Waals surface area contributed by atoms with Crippen molar-refractivity contribution in [2.75, 3.05) is 0 Å². The normalized spacial score (nSPS) is 14.1. The average Bonchev–Trinajstić information content (AvgIpc) is 2.24. The summed E-state index contributed by atoms with van der Waals surface area (Å²) >= 11 is 0. The number of hydrogen-bond donors (Lipinski definition) is 2. The van der Waals surface area contributed by atoms with Gasteiger partial charge in [0.25, 0.3) is 0 Å². The molecule has 0 aliphatic rings. The van der Waals surface area contributed by atoms with Gasteiger partial charge in [0.15, 0.2) is 0 Å². The molecule has 0 bridgehead atoms. The van der Waals surface area contributed by atoms with Crippen molar-refractivity contribution in [1.29, 1.82) is 0 Å². The van der Waals surface area contributed by atoms with Gasteiger partial charge in [-0.1, -0.05) is 38.5 Å². The number of benzene rings is 1. The lowest BCUT2D eigenvalue weighted by Gasteiger charge is -2.27. The Bertz CT molecular complexity index is 555. The molecule has 0 aliphatic carbocycles. The molecule has 0 aliphatic heterocycles. The molecule has 106 valence electrons. The van der Waals surface area contributed by atoms with Gasteiger partial charge in [-0.2, -0.15) is 4.72 Å². The highest BCUT2D eigenvalue weighted by atomic mass is 32.2. The monoisotopic (exact) mass is 285 g/mol. The fourth-order valence-electron chi connectivity index (χ4n) is 1.54. The predicted octanol–water partition coefficient (Wildman–Crippen LogP) is 1.77. The molecule has 1 aromatic rings. The quantitative estimate of drug-likeness (QED) is 0.883. The zero-order chi connectivity index (χ0) is 14.8. The fraction of sp³-hybridized carbons (Fsp3) is 0.462. The van der Waals surface area contributed by atoms with Gasteiger partial charge in [0.1, 0.15) is 6.04 Å². The van der Waals surface area contributed by atoms with E-state index in [1.165, 1.54) is 12.1 Å². The van der Waals surface area contributed by atoms with Gasteiger partial charge in [0, 0.05) is 0 Å². The Labute approximate surface area is 113 Å². The Kier molecular flexibility index (Phi) is 4.37. The van der Waals surface area contributed by atoms with Crippen molar-refractivity contribution in [3.05, 3.63) is 29.8 Å². The first kappa shape index (κ1) is 15.7. The second-order valence-corrected chi connectivity index (χ2v) is 7.29. The number of carboxylic acid groups (broad SMARTS) is 1. The molecule has 19 heavy (non-hydrogen) atoms. The van der Waals surface area contributed by atoms with E-state index >= 15 is 0 Å². The van der Waals surface area contributed by atoms with Crippen LogP contribution in [-0.2, 0) is 14.8 Å². The van der Waals surface area contributed by atoms with Crippen LogP contribution in [0.3, 0.4) is 0 Å². The molecule has 0 saturated heterocycles. The lowest BCUT2D eigenvalue weighted by Crippen LogP contribution is -2.48. The van der Waals surface area contributed by atoms with Crippen LogP contribution >= 0.6 is 0 Å². The lowest BCUT2D eigenvalue weighted by molar-refractivity contribution is -0.141. The van der Waals surface area contributed by atoms with Gasteiger partial charge in [-0.05, 0) is 24.5 Å². The number of rotatable bonds is 4. The first-order valence-electron chi connectivity index (χ1n) is 5.86. The first-order valence-corrected chi connectivity index (χ1v) is 7.34. The fourth-order valence-corrected chi connectivity index (χ4v) is 2.93. The van der Waals surface area contributed by atoms with Crippen molar-refractivity contribution in [2.24, 2.45) is 5.41 Å². The Morgan fingerprint density at radius 3 is 2.05 bits per heavy atom. The van der Waals surface area contributed by atoms with E-state index in [0.29, 0.717) is 0 Å². The summed E-state index contributed by atoms with van der Waals surface area (Å²) in [6.07, 6.45) is 0. The lowest BCUT2D eigenvalue weighted by atomic mass is 9.88. The Morgan fingerprint density at radius 2 is 1.68 bits per heavy atom. The van der Waals surface area contributed by atoms with E-state index in [1.807, 2.05) is 6.92 Å².